The molecule has 5 nitrogen and oxygen atoms in total. The van der Waals surface area contributed by atoms with Gasteiger partial charge in [0.1, 0.15) is 5.75 Å². The van der Waals surface area contributed by atoms with E-state index in [2.05, 4.69) is 0 Å². The number of aromatic nitrogens is 1. The number of hydrogen-bond acceptors (Lipinski definition) is 3. The van der Waals surface area contributed by atoms with Crippen molar-refractivity contribution in [1.29, 1.82) is 0 Å². The predicted molar refractivity (Wildman–Crippen MR) is 105 cm³/mol. The fraction of sp³-hybridized carbons (Fsp3) is 0.182. The maximum Gasteiger partial charge on any atom is 0.303 e. The number of aryl methyl sites for hydroxylation is 1. The van der Waals surface area contributed by atoms with Gasteiger partial charge in [-0.1, -0.05) is 36.4 Å². The van der Waals surface area contributed by atoms with Gasteiger partial charge in [0.2, 0.25) is 0 Å². The van der Waals surface area contributed by atoms with Gasteiger partial charge in [0.25, 0.3) is 0 Å². The molecule has 0 aliphatic rings. The van der Waals surface area contributed by atoms with E-state index < -0.39 is 5.97 Å². The molecule has 2 aromatic carbocycles. The van der Waals surface area contributed by atoms with Crippen molar-refractivity contribution in [3.8, 4) is 5.75 Å². The highest BCUT2D eigenvalue weighted by atomic mass is 16.5. The second-order valence-corrected chi connectivity index (χ2v) is 6.22. The van der Waals surface area contributed by atoms with Gasteiger partial charge in [-0.3, -0.25) is 9.59 Å². The molecule has 0 aliphatic carbocycles. The number of nitrogens with zero attached hydrogens (tertiary/aromatic N) is 1. The van der Waals surface area contributed by atoms with Gasteiger partial charge in [0.05, 0.1) is 7.11 Å². The Morgan fingerprint density at radius 1 is 1.11 bits per heavy atom. The first-order valence-corrected chi connectivity index (χ1v) is 8.74. The first kappa shape index (κ1) is 18.5. The highest BCUT2D eigenvalue weighted by molar-refractivity contribution is 6.14. The maximum atomic E-state index is 12.7. The second kappa shape index (κ2) is 8.36. The van der Waals surface area contributed by atoms with Gasteiger partial charge in [0, 0.05) is 35.6 Å². The molecule has 1 N–H and O–H groups in total. The number of methoxy groups -OCH3 is 1. The molecule has 0 atom stereocenters. The molecule has 0 aliphatic heterocycles. The molecule has 5 heteroatoms. The number of carboxylic acids is 1. The van der Waals surface area contributed by atoms with Gasteiger partial charge in [-0.2, -0.15) is 0 Å². The first-order valence-electron chi connectivity index (χ1n) is 8.74. The van der Waals surface area contributed by atoms with E-state index in [0.29, 0.717) is 18.5 Å². The quantitative estimate of drug-likeness (QED) is 0.475. The molecule has 3 rings (SSSR count). The fourth-order valence-electron chi connectivity index (χ4n) is 3.01. The van der Waals surface area contributed by atoms with E-state index in [1.807, 2.05) is 59.3 Å². The number of rotatable bonds is 8. The number of ether oxygens (including phenoxy) is 1. The molecule has 27 heavy (non-hydrogen) atoms. The van der Waals surface area contributed by atoms with Gasteiger partial charge < -0.3 is 14.4 Å². The number of benzene rings is 2. The number of carbonyl (C=O) groups excluding carboxylic acids is 1. The number of hydrogen-bond donors (Lipinski definition) is 1. The molecule has 0 spiro atoms. The van der Waals surface area contributed by atoms with E-state index in [0.717, 1.165) is 22.2 Å². The zero-order chi connectivity index (χ0) is 19.2. The van der Waals surface area contributed by atoms with Gasteiger partial charge in [-0.25, -0.2) is 0 Å². The van der Waals surface area contributed by atoms with Crippen molar-refractivity contribution < 1.29 is 19.4 Å². The molecule has 1 heterocycles. The number of para-hydroxylation sites is 1. The third-order valence-electron chi connectivity index (χ3n) is 4.39. The summed E-state index contributed by atoms with van der Waals surface area (Å²) in [4.78, 5) is 23.5. The second-order valence-electron chi connectivity index (χ2n) is 6.22. The molecule has 0 saturated heterocycles. The topological polar surface area (TPSA) is 68.5 Å². The van der Waals surface area contributed by atoms with Crippen molar-refractivity contribution in [1.82, 2.24) is 4.57 Å². The van der Waals surface area contributed by atoms with Crippen molar-refractivity contribution >= 4 is 28.7 Å². The first-order chi connectivity index (χ1) is 13.1. The van der Waals surface area contributed by atoms with Gasteiger partial charge in [-0.05, 0) is 36.3 Å². The number of allylic oxidation sites excluding steroid dienone is 1. The SMILES string of the molecule is COc1ccc(/C=C/C(=O)c2cn(CCCC(=O)O)c3ccccc23)cc1. The Morgan fingerprint density at radius 2 is 1.85 bits per heavy atom. The number of fused-ring (bicyclic) bond motifs is 1. The normalized spacial score (nSPS) is 11.1. The molecule has 0 amide bonds. The lowest BCUT2D eigenvalue weighted by Crippen LogP contribution is -2.01. The largest absolute Gasteiger partial charge is 0.497 e. The van der Waals surface area contributed by atoms with Crippen LogP contribution in [-0.4, -0.2) is 28.5 Å². The predicted octanol–water partition coefficient (Wildman–Crippen LogP) is 4.41. The smallest absolute Gasteiger partial charge is 0.303 e. The lowest BCUT2D eigenvalue weighted by atomic mass is 10.1. The van der Waals surface area contributed by atoms with Crippen LogP contribution in [0.4, 0.5) is 0 Å². The van der Waals surface area contributed by atoms with E-state index in [1.165, 1.54) is 0 Å². The third-order valence-corrected chi connectivity index (χ3v) is 4.39. The van der Waals surface area contributed by atoms with E-state index >= 15 is 0 Å². The van der Waals surface area contributed by atoms with Gasteiger partial charge in [-0.15, -0.1) is 0 Å². The Kier molecular flexibility index (Phi) is 5.71. The van der Waals surface area contributed by atoms with Gasteiger partial charge in [0.15, 0.2) is 5.78 Å². The van der Waals surface area contributed by atoms with Crippen LogP contribution in [0.25, 0.3) is 17.0 Å². The molecule has 0 saturated carbocycles. The Hall–Kier alpha value is -3.34. The summed E-state index contributed by atoms with van der Waals surface area (Å²) in [6, 6.07) is 15.1. The van der Waals surface area contributed by atoms with Crippen molar-refractivity contribution in [2.24, 2.45) is 0 Å². The zero-order valence-corrected chi connectivity index (χ0v) is 15.1. The average molecular weight is 363 g/mol. The van der Waals surface area contributed by atoms with Crippen LogP contribution in [0.3, 0.4) is 0 Å². The van der Waals surface area contributed by atoms with Crippen molar-refractivity contribution in [3.63, 3.8) is 0 Å². The van der Waals surface area contributed by atoms with Crippen LogP contribution in [0, 0.1) is 0 Å². The van der Waals surface area contributed by atoms with E-state index in [9.17, 15) is 9.59 Å². The van der Waals surface area contributed by atoms with Crippen molar-refractivity contribution in [3.05, 3.63) is 71.9 Å². The Labute approximate surface area is 157 Å². The minimum absolute atomic E-state index is 0.0843. The molecule has 0 bridgehead atoms. The lowest BCUT2D eigenvalue weighted by Gasteiger charge is -2.03. The summed E-state index contributed by atoms with van der Waals surface area (Å²) in [6.45, 7) is 0.558. The summed E-state index contributed by atoms with van der Waals surface area (Å²) in [5.74, 6) is -0.132. The van der Waals surface area contributed by atoms with Crippen molar-refractivity contribution in [2.45, 2.75) is 19.4 Å². The van der Waals surface area contributed by atoms with E-state index in [1.54, 1.807) is 19.3 Å². The standard InChI is InChI=1S/C22H21NO4/c1-27-17-11-8-16(9-12-17)10-13-21(24)19-15-23(14-4-7-22(25)26)20-6-3-2-5-18(19)20/h2-3,5-6,8-13,15H,4,7,14H2,1H3,(H,25,26)/b13-10+. The zero-order valence-electron chi connectivity index (χ0n) is 15.1. The van der Waals surface area contributed by atoms with Crippen LogP contribution >= 0.6 is 0 Å². The Balaban J connectivity index is 1.83. The van der Waals surface area contributed by atoms with Crippen LogP contribution in [-0.2, 0) is 11.3 Å². The van der Waals surface area contributed by atoms with Crippen molar-refractivity contribution in [2.75, 3.05) is 7.11 Å². The molecule has 0 unspecified atom stereocenters. The minimum atomic E-state index is -0.815. The molecule has 0 fully saturated rings. The average Bonchev–Trinajstić information content (AvgIpc) is 3.05. The van der Waals surface area contributed by atoms with E-state index in [-0.39, 0.29) is 12.2 Å². The summed E-state index contributed by atoms with van der Waals surface area (Å²) in [7, 11) is 1.61. The molecule has 3 aromatic rings. The highest BCUT2D eigenvalue weighted by Gasteiger charge is 2.13. The summed E-state index contributed by atoms with van der Waals surface area (Å²) >= 11 is 0. The molecular weight excluding hydrogens is 342 g/mol. The number of carboxylic acid groups (broad SMARTS) is 1. The highest BCUT2D eigenvalue weighted by Crippen LogP contribution is 2.23. The van der Waals surface area contributed by atoms with E-state index in [4.69, 9.17) is 9.84 Å². The van der Waals surface area contributed by atoms with Crippen LogP contribution in [0.1, 0.15) is 28.8 Å². The summed E-state index contributed by atoms with van der Waals surface area (Å²) < 4.78 is 7.08. The third kappa shape index (κ3) is 4.44. The maximum absolute atomic E-state index is 12.7. The monoisotopic (exact) mass is 363 g/mol. The molecule has 138 valence electrons. The van der Waals surface area contributed by atoms with Crippen LogP contribution in [0.5, 0.6) is 5.75 Å². The molecule has 1 aromatic heterocycles. The molecule has 0 radical (unpaired) electrons. The van der Waals surface area contributed by atoms with Crippen LogP contribution < -0.4 is 4.74 Å². The summed E-state index contributed by atoms with van der Waals surface area (Å²) in [5, 5.41) is 9.70. The number of ketones is 1. The Bertz CT molecular complexity index is 983. The fourth-order valence-corrected chi connectivity index (χ4v) is 3.01. The Morgan fingerprint density at radius 3 is 2.56 bits per heavy atom. The van der Waals surface area contributed by atoms with Crippen LogP contribution in [0.2, 0.25) is 0 Å². The van der Waals surface area contributed by atoms with Gasteiger partial charge >= 0.3 is 5.97 Å². The minimum Gasteiger partial charge on any atom is -0.497 e. The number of carbonyl (C=O) groups is 2. The molecular formula is C22H21NO4. The van der Waals surface area contributed by atoms with Crippen LogP contribution in [0.15, 0.2) is 60.8 Å². The number of aliphatic carboxylic acids is 1. The summed E-state index contributed by atoms with van der Waals surface area (Å²) in [5.41, 5.74) is 2.46. The summed E-state index contributed by atoms with van der Waals surface area (Å²) in [6.07, 6.45) is 5.77. The lowest BCUT2D eigenvalue weighted by molar-refractivity contribution is -0.137.